The van der Waals surface area contributed by atoms with Crippen molar-refractivity contribution in [2.75, 3.05) is 0 Å². The van der Waals surface area contributed by atoms with Crippen molar-refractivity contribution in [2.45, 2.75) is 0 Å². The van der Waals surface area contributed by atoms with Crippen LogP contribution in [0.5, 0.6) is 0 Å². The van der Waals surface area contributed by atoms with Crippen LogP contribution < -0.4 is 0 Å². The summed E-state index contributed by atoms with van der Waals surface area (Å²) in [4.78, 5) is 15.7. The molecule has 2 aromatic carbocycles. The van der Waals surface area contributed by atoms with Crippen molar-refractivity contribution in [3.63, 3.8) is 0 Å². The number of rotatable bonds is 2. The summed E-state index contributed by atoms with van der Waals surface area (Å²) in [6.45, 7) is 0. The topological polar surface area (TPSA) is 50.2 Å². The summed E-state index contributed by atoms with van der Waals surface area (Å²) in [6, 6.07) is 12.2. The number of benzene rings is 2. The minimum Gasteiger partial charge on any atom is -0.478 e. The van der Waals surface area contributed by atoms with Gasteiger partial charge in [-0.3, -0.25) is 0 Å². The average molecular weight is 302 g/mol. The van der Waals surface area contributed by atoms with E-state index in [0.29, 0.717) is 15.9 Å². The Balaban J connectivity index is 2.35. The molecule has 0 spiro atoms. The third-order valence-electron chi connectivity index (χ3n) is 3.15. The normalized spacial score (nSPS) is 10.8. The van der Waals surface area contributed by atoms with E-state index in [4.69, 9.17) is 11.6 Å². The number of nitrogens with zero attached hydrogens (tertiary/aromatic N) is 1. The second-order valence-corrected chi connectivity index (χ2v) is 4.94. The van der Waals surface area contributed by atoms with E-state index in [9.17, 15) is 14.3 Å². The van der Waals surface area contributed by atoms with Crippen molar-refractivity contribution < 1.29 is 14.3 Å². The molecule has 0 unspecified atom stereocenters. The van der Waals surface area contributed by atoms with Gasteiger partial charge in [0.05, 0.1) is 16.8 Å². The van der Waals surface area contributed by atoms with Gasteiger partial charge in [0.25, 0.3) is 0 Å². The number of carboxylic acids is 1. The lowest BCUT2D eigenvalue weighted by Gasteiger charge is -2.08. The lowest BCUT2D eigenvalue weighted by Crippen LogP contribution is -2.00. The summed E-state index contributed by atoms with van der Waals surface area (Å²) >= 11 is 5.92. The van der Waals surface area contributed by atoms with E-state index in [1.165, 1.54) is 12.1 Å². The van der Waals surface area contributed by atoms with Crippen molar-refractivity contribution in [1.29, 1.82) is 0 Å². The fraction of sp³-hybridized carbons (Fsp3) is 0. The maximum absolute atomic E-state index is 13.9. The molecule has 3 rings (SSSR count). The second-order valence-electron chi connectivity index (χ2n) is 4.50. The van der Waals surface area contributed by atoms with Gasteiger partial charge in [0.2, 0.25) is 0 Å². The number of carbonyl (C=O) groups is 1. The van der Waals surface area contributed by atoms with Gasteiger partial charge in [-0.05, 0) is 30.3 Å². The zero-order valence-corrected chi connectivity index (χ0v) is 11.4. The van der Waals surface area contributed by atoms with Crippen LogP contribution in [-0.2, 0) is 0 Å². The minimum absolute atomic E-state index is 0.0647. The molecule has 0 saturated carbocycles. The fourth-order valence-electron chi connectivity index (χ4n) is 2.19. The van der Waals surface area contributed by atoms with Crippen LogP contribution in [0.1, 0.15) is 10.4 Å². The average Bonchev–Trinajstić information content (AvgIpc) is 2.46. The highest BCUT2D eigenvalue weighted by atomic mass is 35.5. The third-order valence-corrected chi connectivity index (χ3v) is 3.39. The first-order chi connectivity index (χ1) is 10.1. The van der Waals surface area contributed by atoms with E-state index < -0.39 is 11.8 Å². The first kappa shape index (κ1) is 13.5. The van der Waals surface area contributed by atoms with Gasteiger partial charge >= 0.3 is 5.97 Å². The number of hydrogen-bond acceptors (Lipinski definition) is 2. The molecule has 0 atom stereocenters. The molecule has 1 heterocycles. The molecule has 0 amide bonds. The molecular formula is C16H9ClFNO2. The highest BCUT2D eigenvalue weighted by Crippen LogP contribution is 2.28. The predicted molar refractivity (Wildman–Crippen MR) is 79.1 cm³/mol. The molecule has 1 aromatic heterocycles. The van der Waals surface area contributed by atoms with E-state index in [-0.39, 0.29) is 16.8 Å². The predicted octanol–water partition coefficient (Wildman–Crippen LogP) is 4.39. The van der Waals surface area contributed by atoms with Crippen LogP contribution in [0, 0.1) is 5.82 Å². The van der Waals surface area contributed by atoms with Gasteiger partial charge in [0.15, 0.2) is 0 Å². The van der Waals surface area contributed by atoms with E-state index in [1.807, 2.05) is 0 Å². The largest absolute Gasteiger partial charge is 0.478 e. The monoisotopic (exact) mass is 301 g/mol. The Hall–Kier alpha value is -2.46. The number of aromatic carboxylic acids is 1. The Morgan fingerprint density at radius 1 is 1.14 bits per heavy atom. The first-order valence-electron chi connectivity index (χ1n) is 6.15. The lowest BCUT2D eigenvalue weighted by molar-refractivity contribution is 0.0699. The fourth-order valence-corrected chi connectivity index (χ4v) is 2.35. The molecule has 5 heteroatoms. The van der Waals surface area contributed by atoms with Crippen LogP contribution in [0.2, 0.25) is 5.02 Å². The molecule has 0 aliphatic rings. The molecule has 104 valence electrons. The van der Waals surface area contributed by atoms with Crippen LogP contribution in [0.3, 0.4) is 0 Å². The van der Waals surface area contributed by atoms with Gasteiger partial charge in [-0.25, -0.2) is 14.2 Å². The first-order valence-corrected chi connectivity index (χ1v) is 6.52. The number of fused-ring (bicyclic) bond motifs is 1. The molecule has 0 radical (unpaired) electrons. The van der Waals surface area contributed by atoms with Crippen LogP contribution in [0.25, 0.3) is 22.2 Å². The summed E-state index contributed by atoms with van der Waals surface area (Å²) in [5.41, 5.74) is 0.998. The second kappa shape index (κ2) is 5.14. The molecule has 0 saturated heterocycles. The van der Waals surface area contributed by atoms with E-state index >= 15 is 0 Å². The van der Waals surface area contributed by atoms with E-state index in [2.05, 4.69) is 4.98 Å². The van der Waals surface area contributed by atoms with Gasteiger partial charge in [0, 0.05) is 16.0 Å². The van der Waals surface area contributed by atoms with Gasteiger partial charge < -0.3 is 5.11 Å². The van der Waals surface area contributed by atoms with E-state index in [1.54, 1.807) is 36.4 Å². The smallest absolute Gasteiger partial charge is 0.336 e. The van der Waals surface area contributed by atoms with Crippen molar-refractivity contribution in [3.05, 3.63) is 64.9 Å². The summed E-state index contributed by atoms with van der Waals surface area (Å²) in [5, 5.41) is 10.2. The standard InChI is InChI=1S/C16H9ClFNO2/c17-9-5-6-10-12(16(20)21)8-15(19-14(10)7-9)11-3-1-2-4-13(11)18/h1-8H,(H,20,21). The molecule has 0 bridgehead atoms. The number of carboxylic acid groups (broad SMARTS) is 1. The number of hydrogen-bond donors (Lipinski definition) is 1. The van der Waals surface area contributed by atoms with Crippen molar-refractivity contribution in [2.24, 2.45) is 0 Å². The van der Waals surface area contributed by atoms with E-state index in [0.717, 1.165) is 0 Å². The Morgan fingerprint density at radius 2 is 1.90 bits per heavy atom. The highest BCUT2D eigenvalue weighted by Gasteiger charge is 2.14. The highest BCUT2D eigenvalue weighted by molar-refractivity contribution is 6.31. The van der Waals surface area contributed by atoms with Gasteiger partial charge in [-0.15, -0.1) is 0 Å². The zero-order chi connectivity index (χ0) is 15.0. The summed E-state index contributed by atoms with van der Waals surface area (Å²) in [5.74, 6) is -1.55. The Bertz CT molecular complexity index is 864. The quantitative estimate of drug-likeness (QED) is 0.763. The number of aromatic nitrogens is 1. The van der Waals surface area contributed by atoms with Crippen molar-refractivity contribution in [1.82, 2.24) is 4.98 Å². The van der Waals surface area contributed by atoms with Crippen LogP contribution in [-0.4, -0.2) is 16.1 Å². The zero-order valence-electron chi connectivity index (χ0n) is 10.7. The molecular weight excluding hydrogens is 293 g/mol. The SMILES string of the molecule is O=C(O)c1cc(-c2ccccc2F)nc2cc(Cl)ccc12. The molecule has 1 N–H and O–H groups in total. The Labute approximate surface area is 124 Å². The molecule has 3 aromatic rings. The number of pyridine rings is 1. The van der Waals surface area contributed by atoms with Crippen LogP contribution in [0.4, 0.5) is 4.39 Å². The summed E-state index contributed by atoms with van der Waals surface area (Å²) in [6.07, 6.45) is 0. The lowest BCUT2D eigenvalue weighted by atomic mass is 10.0. The third kappa shape index (κ3) is 2.45. The number of halogens is 2. The Morgan fingerprint density at radius 3 is 2.62 bits per heavy atom. The maximum Gasteiger partial charge on any atom is 0.336 e. The summed E-state index contributed by atoms with van der Waals surface area (Å²) in [7, 11) is 0. The minimum atomic E-state index is -1.10. The van der Waals surface area contributed by atoms with Crippen LogP contribution in [0.15, 0.2) is 48.5 Å². The maximum atomic E-state index is 13.9. The van der Waals surface area contributed by atoms with Crippen molar-refractivity contribution in [3.8, 4) is 11.3 Å². The van der Waals surface area contributed by atoms with Crippen LogP contribution >= 0.6 is 11.6 Å². The molecule has 0 aliphatic heterocycles. The molecule has 0 fully saturated rings. The van der Waals surface area contributed by atoms with Gasteiger partial charge in [-0.1, -0.05) is 29.8 Å². The van der Waals surface area contributed by atoms with Gasteiger partial charge in [0.1, 0.15) is 5.82 Å². The molecule has 0 aliphatic carbocycles. The molecule has 3 nitrogen and oxygen atoms in total. The Kier molecular flexibility index (Phi) is 3.31. The van der Waals surface area contributed by atoms with Gasteiger partial charge in [-0.2, -0.15) is 0 Å². The molecule has 21 heavy (non-hydrogen) atoms. The summed E-state index contributed by atoms with van der Waals surface area (Å²) < 4.78 is 13.9. The van der Waals surface area contributed by atoms with Crippen molar-refractivity contribution >= 4 is 28.5 Å².